The Morgan fingerprint density at radius 3 is 1.86 bits per heavy atom. The van der Waals surface area contributed by atoms with Crippen LogP contribution >= 0.6 is 0 Å². The summed E-state index contributed by atoms with van der Waals surface area (Å²) in [6.07, 6.45) is 0. The van der Waals surface area contributed by atoms with Gasteiger partial charge in [-0.25, -0.2) is 10.9 Å². The van der Waals surface area contributed by atoms with Gasteiger partial charge in [-0.15, -0.1) is 10.2 Å². The number of hydrogen-bond acceptors (Lipinski definition) is 5. The van der Waals surface area contributed by atoms with E-state index in [1.54, 1.807) is 0 Å². The van der Waals surface area contributed by atoms with Gasteiger partial charge in [0.05, 0.1) is 0 Å². The van der Waals surface area contributed by atoms with Crippen molar-refractivity contribution in [1.82, 2.24) is 10.9 Å². The van der Waals surface area contributed by atoms with Gasteiger partial charge in [-0.2, -0.15) is 0 Å². The van der Waals surface area contributed by atoms with Crippen molar-refractivity contribution < 1.29 is 4.74 Å². The number of nitrogens with one attached hydrogen (secondary N) is 2. The molecule has 0 bridgehead atoms. The Morgan fingerprint density at radius 1 is 1.14 bits per heavy atom. The van der Waals surface area contributed by atoms with Gasteiger partial charge >= 0.3 is 12.0 Å². The van der Waals surface area contributed by atoms with Crippen molar-refractivity contribution in [2.45, 2.75) is 0 Å². The predicted molar refractivity (Wildman–Crippen MR) is 22.2 cm³/mol. The van der Waals surface area contributed by atoms with E-state index in [2.05, 4.69) is 21.1 Å². The van der Waals surface area contributed by atoms with E-state index in [0.29, 0.717) is 12.0 Å². The Labute approximate surface area is 39.0 Å². The average molecular weight is 98.1 g/mol. The second kappa shape index (κ2) is 0.699. The minimum Gasteiger partial charge on any atom is -0.387 e. The Bertz CT molecular complexity index is 141. The van der Waals surface area contributed by atoms with E-state index in [0.717, 1.165) is 0 Å². The molecule has 5 nitrogen and oxygen atoms in total. The van der Waals surface area contributed by atoms with Gasteiger partial charge in [0.15, 0.2) is 0 Å². The molecule has 0 aromatic rings. The molecule has 0 spiro atoms. The van der Waals surface area contributed by atoms with Gasteiger partial charge in [-0.05, 0) is 0 Å². The van der Waals surface area contributed by atoms with Crippen LogP contribution in [0.25, 0.3) is 0 Å². The molecule has 0 unspecified atom stereocenters. The average Bonchev–Trinajstić information content (AvgIpc) is 2.33. The lowest BCUT2D eigenvalue weighted by molar-refractivity contribution is 0.562. The quantitative estimate of drug-likeness (QED) is 0.397. The highest BCUT2D eigenvalue weighted by Crippen LogP contribution is 1.95. The van der Waals surface area contributed by atoms with Crippen LogP contribution in [0.4, 0.5) is 0 Å². The van der Waals surface area contributed by atoms with Crippen molar-refractivity contribution in [3.63, 3.8) is 0 Å². The van der Waals surface area contributed by atoms with Crippen molar-refractivity contribution in [1.29, 1.82) is 0 Å². The summed E-state index contributed by atoms with van der Waals surface area (Å²) in [6, 6.07) is 1.06. The zero-order valence-electron chi connectivity index (χ0n) is 3.30. The first kappa shape index (κ1) is 2.84. The van der Waals surface area contributed by atoms with Crippen molar-refractivity contribution in [2.75, 3.05) is 0 Å². The Morgan fingerprint density at radius 2 is 1.57 bits per heavy atom. The fourth-order valence-corrected chi connectivity index (χ4v) is 0.229. The number of rotatable bonds is 0. The molecule has 2 aliphatic heterocycles. The minimum atomic E-state index is 0.531. The minimum absolute atomic E-state index is 0.531. The van der Waals surface area contributed by atoms with E-state index in [-0.39, 0.29) is 0 Å². The lowest BCUT2D eigenvalue weighted by Crippen LogP contribution is -2.04. The number of ether oxygens (including phenoxy) is 1. The summed E-state index contributed by atoms with van der Waals surface area (Å²) >= 11 is 0. The molecule has 2 aliphatic rings. The molecule has 5 heteroatoms. The van der Waals surface area contributed by atoms with Gasteiger partial charge in [0, 0.05) is 0 Å². The fourth-order valence-electron chi connectivity index (χ4n) is 0.229. The summed E-state index contributed by atoms with van der Waals surface area (Å²) in [4.78, 5) is 0. The summed E-state index contributed by atoms with van der Waals surface area (Å²) < 4.78 is 4.75. The molecule has 7 heavy (non-hydrogen) atoms. The lowest BCUT2D eigenvalue weighted by Gasteiger charge is -1.77. The highest BCUT2D eigenvalue weighted by atomic mass is 16.6. The molecule has 0 fully saturated rings. The van der Waals surface area contributed by atoms with E-state index in [1.807, 2.05) is 0 Å². The maximum Gasteiger partial charge on any atom is 0.336 e. The first-order chi connectivity index (χ1) is 3.45. The topological polar surface area (TPSA) is 77.8 Å². The zero-order chi connectivity index (χ0) is 4.69. The zero-order valence-corrected chi connectivity index (χ0v) is 3.30. The van der Waals surface area contributed by atoms with Gasteiger partial charge in [-0.1, -0.05) is 0 Å². The van der Waals surface area contributed by atoms with Crippen LogP contribution < -0.4 is 10.9 Å². The highest BCUT2D eigenvalue weighted by Gasteiger charge is 2.19. The molecule has 0 amide bonds. The van der Waals surface area contributed by atoms with Crippen molar-refractivity contribution >= 4 is 12.0 Å². The lowest BCUT2D eigenvalue weighted by atomic mass is 11.2. The molecule has 0 aromatic carbocycles. The second-order valence-electron chi connectivity index (χ2n) is 1.16. The molecule has 0 atom stereocenters. The SMILES string of the molecule is N1=C(OC2=NN2)N1. The van der Waals surface area contributed by atoms with Crippen LogP contribution in [-0.4, -0.2) is 12.0 Å². The first-order valence-corrected chi connectivity index (χ1v) is 1.80. The van der Waals surface area contributed by atoms with Crippen LogP contribution in [0.1, 0.15) is 0 Å². The summed E-state index contributed by atoms with van der Waals surface area (Å²) in [5, 5.41) is 7.01. The summed E-state index contributed by atoms with van der Waals surface area (Å²) in [6.45, 7) is 0. The maximum atomic E-state index is 4.75. The van der Waals surface area contributed by atoms with Crippen LogP contribution in [0.15, 0.2) is 10.2 Å². The van der Waals surface area contributed by atoms with Crippen LogP contribution in [0.5, 0.6) is 0 Å². The summed E-state index contributed by atoms with van der Waals surface area (Å²) in [7, 11) is 0. The Balaban J connectivity index is 1.90. The van der Waals surface area contributed by atoms with Crippen molar-refractivity contribution in [3.8, 4) is 0 Å². The molecule has 2 heterocycles. The van der Waals surface area contributed by atoms with Gasteiger partial charge in [0.25, 0.3) is 0 Å². The number of hydrazone groups is 2. The largest absolute Gasteiger partial charge is 0.387 e. The smallest absolute Gasteiger partial charge is 0.336 e. The molecular weight excluding hydrogens is 96.0 g/mol. The molecule has 0 aromatic heterocycles. The third kappa shape index (κ3) is 0.466. The molecule has 2 N–H and O–H groups in total. The molecular formula is C2H2N4O. The third-order valence-electron chi connectivity index (χ3n) is 0.600. The number of amidine groups is 2. The van der Waals surface area contributed by atoms with Crippen molar-refractivity contribution in [2.24, 2.45) is 10.2 Å². The summed E-state index contributed by atoms with van der Waals surface area (Å²) in [5.74, 6) is 0. The van der Waals surface area contributed by atoms with E-state index in [4.69, 9.17) is 4.74 Å². The van der Waals surface area contributed by atoms with Crippen LogP contribution in [-0.2, 0) is 4.74 Å². The summed E-state index contributed by atoms with van der Waals surface area (Å²) in [5.41, 5.74) is 5.01. The van der Waals surface area contributed by atoms with E-state index in [1.165, 1.54) is 0 Å². The Hall–Kier alpha value is -1.26. The standard InChI is InChI=1S/C2H2N4O/c3-1(4-3)7-2-5-6-2/h(H,3,4)(H,5,6). The number of nitrogens with zero attached hydrogens (tertiary/aromatic N) is 2. The second-order valence-corrected chi connectivity index (χ2v) is 1.16. The fraction of sp³-hybridized carbons (Fsp3) is 0. The third-order valence-corrected chi connectivity index (χ3v) is 0.600. The molecule has 0 saturated carbocycles. The number of hydrogen-bond donors (Lipinski definition) is 2. The van der Waals surface area contributed by atoms with Gasteiger partial charge in [0.1, 0.15) is 0 Å². The molecule has 2 rings (SSSR count). The monoisotopic (exact) mass is 98.0 g/mol. The van der Waals surface area contributed by atoms with Crippen LogP contribution in [0.2, 0.25) is 0 Å². The van der Waals surface area contributed by atoms with Gasteiger partial charge in [0.2, 0.25) is 0 Å². The van der Waals surface area contributed by atoms with Gasteiger partial charge in [-0.3, -0.25) is 0 Å². The molecule has 0 radical (unpaired) electrons. The normalized spacial score (nSPS) is 20.6. The predicted octanol–water partition coefficient (Wildman–Crippen LogP) is -1.25. The van der Waals surface area contributed by atoms with Crippen LogP contribution in [0, 0.1) is 0 Å². The van der Waals surface area contributed by atoms with E-state index >= 15 is 0 Å². The Kier molecular flexibility index (Phi) is 0.283. The first-order valence-electron chi connectivity index (χ1n) is 1.80. The van der Waals surface area contributed by atoms with Crippen LogP contribution in [0.3, 0.4) is 0 Å². The molecule has 0 saturated heterocycles. The maximum absolute atomic E-state index is 4.75. The van der Waals surface area contributed by atoms with Gasteiger partial charge < -0.3 is 4.74 Å². The molecule has 36 valence electrons. The van der Waals surface area contributed by atoms with Crippen molar-refractivity contribution in [3.05, 3.63) is 0 Å². The van der Waals surface area contributed by atoms with E-state index in [9.17, 15) is 0 Å². The molecule has 0 aliphatic carbocycles. The van der Waals surface area contributed by atoms with E-state index < -0.39 is 0 Å². The highest BCUT2D eigenvalue weighted by molar-refractivity contribution is 5.97.